The fraction of sp³-hybridized carbons (Fsp3) is 0.192. The Kier molecular flexibility index (Phi) is 8.90. The lowest BCUT2D eigenvalue weighted by atomic mass is 9.98. The van der Waals surface area contributed by atoms with Crippen LogP contribution in [0, 0.1) is 10.1 Å². The SMILES string of the molecule is O=C(COC(=O)c1ccccc1C(=O)c1ccc(Cl)c([N+](=O)[O-])c1)Nc1cccc(S(=O)(=O)N2CCOCC2)c1. The molecule has 40 heavy (non-hydrogen) atoms. The Bertz CT molecular complexity index is 1590. The maximum absolute atomic E-state index is 13.1. The van der Waals surface area contributed by atoms with Crippen molar-refractivity contribution in [1.29, 1.82) is 0 Å². The third-order valence-corrected chi connectivity index (χ3v) is 8.07. The van der Waals surface area contributed by atoms with Crippen LogP contribution in [0.25, 0.3) is 0 Å². The zero-order chi connectivity index (χ0) is 28.9. The number of anilines is 1. The fourth-order valence-corrected chi connectivity index (χ4v) is 5.53. The second-order valence-corrected chi connectivity index (χ2v) is 10.8. The first-order chi connectivity index (χ1) is 19.1. The Morgan fingerprint density at radius 3 is 2.40 bits per heavy atom. The second kappa shape index (κ2) is 12.3. The van der Waals surface area contributed by atoms with E-state index in [2.05, 4.69) is 5.32 Å². The van der Waals surface area contributed by atoms with Crippen molar-refractivity contribution in [2.75, 3.05) is 38.2 Å². The number of ether oxygens (including phenoxy) is 2. The number of rotatable bonds is 9. The fourth-order valence-electron chi connectivity index (χ4n) is 3.88. The predicted molar refractivity (Wildman–Crippen MR) is 143 cm³/mol. The van der Waals surface area contributed by atoms with Gasteiger partial charge in [-0.3, -0.25) is 19.7 Å². The summed E-state index contributed by atoms with van der Waals surface area (Å²) < 4.78 is 37.3. The Balaban J connectivity index is 1.43. The van der Waals surface area contributed by atoms with E-state index in [9.17, 15) is 32.9 Å². The highest BCUT2D eigenvalue weighted by Gasteiger charge is 2.27. The lowest BCUT2D eigenvalue weighted by Gasteiger charge is -2.26. The molecule has 0 aromatic heterocycles. The summed E-state index contributed by atoms with van der Waals surface area (Å²) in [5.41, 5.74) is -0.607. The van der Waals surface area contributed by atoms with Gasteiger partial charge in [0.05, 0.1) is 28.6 Å². The number of hydrogen-bond donors (Lipinski definition) is 1. The van der Waals surface area contributed by atoms with Crippen molar-refractivity contribution in [3.05, 3.63) is 98.6 Å². The van der Waals surface area contributed by atoms with Crippen LogP contribution in [0.1, 0.15) is 26.3 Å². The number of sulfonamides is 1. The van der Waals surface area contributed by atoms with Crippen molar-refractivity contribution >= 4 is 50.7 Å². The Morgan fingerprint density at radius 2 is 1.70 bits per heavy atom. The van der Waals surface area contributed by atoms with Crippen LogP contribution >= 0.6 is 11.6 Å². The van der Waals surface area contributed by atoms with E-state index in [0.29, 0.717) is 0 Å². The van der Waals surface area contributed by atoms with Gasteiger partial charge in [-0.05, 0) is 36.4 Å². The van der Waals surface area contributed by atoms with Gasteiger partial charge in [-0.1, -0.05) is 35.9 Å². The van der Waals surface area contributed by atoms with Gasteiger partial charge in [0, 0.05) is 36.0 Å². The number of carbonyl (C=O) groups excluding carboxylic acids is 3. The highest BCUT2D eigenvalue weighted by atomic mass is 35.5. The largest absolute Gasteiger partial charge is 0.452 e. The highest BCUT2D eigenvalue weighted by molar-refractivity contribution is 7.89. The maximum atomic E-state index is 13.1. The first-order valence-electron chi connectivity index (χ1n) is 11.8. The minimum absolute atomic E-state index is 0.0147. The van der Waals surface area contributed by atoms with Crippen LogP contribution in [0.3, 0.4) is 0 Å². The van der Waals surface area contributed by atoms with Crippen molar-refractivity contribution in [2.45, 2.75) is 4.90 Å². The molecular formula is C26H22ClN3O9S. The van der Waals surface area contributed by atoms with Gasteiger partial charge in [-0.15, -0.1) is 0 Å². The molecule has 1 fully saturated rings. The molecule has 3 aromatic rings. The molecule has 1 aliphatic heterocycles. The number of nitro benzene ring substituents is 1. The molecule has 0 bridgehead atoms. The van der Waals surface area contributed by atoms with E-state index >= 15 is 0 Å². The topological polar surface area (TPSA) is 162 Å². The van der Waals surface area contributed by atoms with Crippen LogP contribution < -0.4 is 5.32 Å². The molecule has 1 amide bonds. The third-order valence-electron chi connectivity index (χ3n) is 5.86. The van der Waals surface area contributed by atoms with Gasteiger partial charge >= 0.3 is 5.97 Å². The molecule has 0 spiro atoms. The molecule has 1 N–H and O–H groups in total. The molecule has 0 atom stereocenters. The molecule has 3 aromatic carbocycles. The number of benzene rings is 3. The van der Waals surface area contributed by atoms with Crippen molar-refractivity contribution in [3.63, 3.8) is 0 Å². The predicted octanol–water partition coefficient (Wildman–Crippen LogP) is 3.30. The van der Waals surface area contributed by atoms with E-state index in [0.717, 1.165) is 6.07 Å². The van der Waals surface area contributed by atoms with Crippen molar-refractivity contribution in [1.82, 2.24) is 4.31 Å². The molecule has 0 unspecified atom stereocenters. The van der Waals surface area contributed by atoms with E-state index in [1.165, 1.54) is 65.0 Å². The average Bonchev–Trinajstić information content (AvgIpc) is 2.96. The molecule has 4 rings (SSSR count). The van der Waals surface area contributed by atoms with E-state index in [4.69, 9.17) is 21.1 Å². The van der Waals surface area contributed by atoms with Gasteiger partial charge in [0.1, 0.15) is 5.02 Å². The number of hydrogen-bond acceptors (Lipinski definition) is 9. The second-order valence-electron chi connectivity index (χ2n) is 8.47. The molecule has 1 saturated heterocycles. The third kappa shape index (κ3) is 6.51. The van der Waals surface area contributed by atoms with Gasteiger partial charge < -0.3 is 14.8 Å². The minimum atomic E-state index is -3.79. The monoisotopic (exact) mass is 587 g/mol. The molecule has 1 heterocycles. The minimum Gasteiger partial charge on any atom is -0.452 e. The first kappa shape index (κ1) is 28.8. The van der Waals surface area contributed by atoms with Gasteiger partial charge in [-0.2, -0.15) is 4.31 Å². The van der Waals surface area contributed by atoms with Crippen LogP contribution in [0.15, 0.2) is 71.6 Å². The van der Waals surface area contributed by atoms with Gasteiger partial charge in [0.2, 0.25) is 10.0 Å². The smallest absolute Gasteiger partial charge is 0.339 e. The molecule has 0 radical (unpaired) electrons. The lowest BCUT2D eigenvalue weighted by molar-refractivity contribution is -0.384. The summed E-state index contributed by atoms with van der Waals surface area (Å²) in [7, 11) is -3.79. The molecule has 0 saturated carbocycles. The van der Waals surface area contributed by atoms with E-state index in [1.807, 2.05) is 0 Å². The van der Waals surface area contributed by atoms with Crippen molar-refractivity contribution < 1.29 is 37.2 Å². The van der Waals surface area contributed by atoms with Crippen LogP contribution in [0.5, 0.6) is 0 Å². The van der Waals surface area contributed by atoms with Crippen LogP contribution in [0.4, 0.5) is 11.4 Å². The number of nitro groups is 1. The zero-order valence-electron chi connectivity index (χ0n) is 20.7. The highest BCUT2D eigenvalue weighted by Crippen LogP contribution is 2.27. The number of nitrogens with one attached hydrogen (secondary N) is 1. The van der Waals surface area contributed by atoms with Crippen LogP contribution in [-0.2, 0) is 24.3 Å². The molecular weight excluding hydrogens is 566 g/mol. The summed E-state index contributed by atoms with van der Waals surface area (Å²) in [6.07, 6.45) is 0. The average molecular weight is 588 g/mol. The van der Waals surface area contributed by atoms with E-state index < -0.39 is 44.9 Å². The molecule has 208 valence electrons. The van der Waals surface area contributed by atoms with E-state index in [-0.39, 0.29) is 58.6 Å². The number of morpholine rings is 1. The summed E-state index contributed by atoms with van der Waals surface area (Å²) in [5, 5.41) is 13.5. The van der Waals surface area contributed by atoms with Crippen molar-refractivity contribution in [2.24, 2.45) is 0 Å². The summed E-state index contributed by atoms with van der Waals surface area (Å²) in [6, 6.07) is 14.8. The van der Waals surface area contributed by atoms with Crippen molar-refractivity contribution in [3.8, 4) is 0 Å². The molecule has 0 aliphatic carbocycles. The van der Waals surface area contributed by atoms with Gasteiger partial charge in [0.15, 0.2) is 12.4 Å². The maximum Gasteiger partial charge on any atom is 0.339 e. The Labute approximate surface area is 233 Å². The summed E-state index contributed by atoms with van der Waals surface area (Å²) in [5.74, 6) is -2.41. The lowest BCUT2D eigenvalue weighted by Crippen LogP contribution is -2.40. The van der Waals surface area contributed by atoms with E-state index in [1.54, 1.807) is 0 Å². The number of carbonyl (C=O) groups is 3. The number of halogens is 1. The number of amides is 1. The Morgan fingerprint density at radius 1 is 1.00 bits per heavy atom. The summed E-state index contributed by atoms with van der Waals surface area (Å²) >= 11 is 5.82. The van der Waals surface area contributed by atoms with Crippen LogP contribution in [0.2, 0.25) is 5.02 Å². The van der Waals surface area contributed by atoms with Gasteiger partial charge in [-0.25, -0.2) is 13.2 Å². The summed E-state index contributed by atoms with van der Waals surface area (Å²) in [6.45, 7) is 0.278. The standard InChI is InChI=1S/C26H22ClN3O9S/c27-22-9-8-17(14-23(22)30(34)35)25(32)20-6-1-2-7-21(20)26(33)39-16-24(31)28-18-4-3-5-19(15-18)40(36,37)29-10-12-38-13-11-29/h1-9,14-15H,10-13,16H2,(H,28,31). The van der Waals surface area contributed by atoms with Gasteiger partial charge in [0.25, 0.3) is 11.6 Å². The number of esters is 1. The molecule has 1 aliphatic rings. The zero-order valence-corrected chi connectivity index (χ0v) is 22.3. The molecule has 14 heteroatoms. The summed E-state index contributed by atoms with van der Waals surface area (Å²) in [4.78, 5) is 48.7. The normalized spacial score (nSPS) is 13.8. The van der Waals surface area contributed by atoms with Crippen LogP contribution in [-0.4, -0.2) is 68.2 Å². The quantitative estimate of drug-likeness (QED) is 0.171. The Hall–Kier alpha value is -4.17. The molecule has 12 nitrogen and oxygen atoms in total. The number of ketones is 1. The first-order valence-corrected chi connectivity index (χ1v) is 13.6. The number of nitrogens with zero attached hydrogens (tertiary/aromatic N) is 2.